The second kappa shape index (κ2) is 5.96. The summed E-state index contributed by atoms with van der Waals surface area (Å²) in [5, 5.41) is 3.73. The molecule has 104 valence electrons. The maximum Gasteiger partial charge on any atom is 0.127 e. The summed E-state index contributed by atoms with van der Waals surface area (Å²) in [6.07, 6.45) is 7.80. The Balaban J connectivity index is 1.79. The fourth-order valence-electron chi connectivity index (χ4n) is 3.22. The molecular formula is C17H25NO. The molecule has 1 unspecified atom stereocenters. The van der Waals surface area contributed by atoms with Crippen molar-refractivity contribution in [1.29, 1.82) is 0 Å². The summed E-state index contributed by atoms with van der Waals surface area (Å²) in [5.74, 6) is 2.10. The molecule has 1 aliphatic heterocycles. The molecule has 0 radical (unpaired) electrons. The highest BCUT2D eigenvalue weighted by Crippen LogP contribution is 2.39. The molecule has 3 rings (SSSR count). The van der Waals surface area contributed by atoms with Crippen LogP contribution in [0.3, 0.4) is 0 Å². The third-order valence-electron chi connectivity index (χ3n) is 4.55. The van der Waals surface area contributed by atoms with E-state index in [-0.39, 0.29) is 0 Å². The van der Waals surface area contributed by atoms with Gasteiger partial charge < -0.3 is 10.1 Å². The Morgan fingerprint density at radius 3 is 3.00 bits per heavy atom. The Labute approximate surface area is 116 Å². The average Bonchev–Trinajstić information content (AvgIpc) is 2.85. The van der Waals surface area contributed by atoms with Crippen molar-refractivity contribution in [2.24, 2.45) is 5.92 Å². The van der Waals surface area contributed by atoms with E-state index in [1.54, 1.807) is 0 Å². The van der Waals surface area contributed by atoms with Gasteiger partial charge in [-0.05, 0) is 30.9 Å². The maximum atomic E-state index is 5.88. The van der Waals surface area contributed by atoms with Gasteiger partial charge in [0.2, 0.25) is 0 Å². The lowest BCUT2D eigenvalue weighted by molar-refractivity contribution is 0.257. The predicted octanol–water partition coefficient (Wildman–Crippen LogP) is 3.85. The molecule has 2 aliphatic rings. The van der Waals surface area contributed by atoms with Crippen molar-refractivity contribution >= 4 is 0 Å². The minimum absolute atomic E-state index is 0.485. The molecular weight excluding hydrogens is 234 g/mol. The molecule has 2 nitrogen and oxygen atoms in total. The second-order valence-corrected chi connectivity index (χ2v) is 5.97. The number of nitrogens with one attached hydrogen (secondary N) is 1. The molecule has 0 saturated heterocycles. The number of hydrogen-bond donors (Lipinski definition) is 1. The lowest BCUT2D eigenvalue weighted by Gasteiger charge is -2.31. The predicted molar refractivity (Wildman–Crippen MR) is 78.6 cm³/mol. The highest BCUT2D eigenvalue weighted by Gasteiger charge is 2.26. The zero-order valence-electron chi connectivity index (χ0n) is 12.0. The first-order chi connectivity index (χ1) is 9.38. The summed E-state index contributed by atoms with van der Waals surface area (Å²) >= 11 is 0. The van der Waals surface area contributed by atoms with Crippen molar-refractivity contribution in [3.05, 3.63) is 29.3 Å². The number of rotatable bonds is 6. The van der Waals surface area contributed by atoms with E-state index in [0.717, 1.165) is 25.5 Å². The van der Waals surface area contributed by atoms with Crippen molar-refractivity contribution < 1.29 is 4.74 Å². The molecule has 0 aromatic heterocycles. The molecule has 0 spiro atoms. The Kier molecular flexibility index (Phi) is 4.07. The van der Waals surface area contributed by atoms with Gasteiger partial charge in [0.05, 0.1) is 6.61 Å². The highest BCUT2D eigenvalue weighted by molar-refractivity contribution is 5.45. The first-order valence-corrected chi connectivity index (χ1v) is 7.86. The molecule has 0 amide bonds. The molecule has 1 saturated carbocycles. The Morgan fingerprint density at radius 2 is 2.26 bits per heavy atom. The Hall–Kier alpha value is -1.02. The van der Waals surface area contributed by atoms with Gasteiger partial charge in [0.15, 0.2) is 0 Å². The fraction of sp³-hybridized carbons (Fsp3) is 0.647. The van der Waals surface area contributed by atoms with E-state index in [1.165, 1.54) is 49.0 Å². The van der Waals surface area contributed by atoms with Crippen molar-refractivity contribution in [2.75, 3.05) is 13.2 Å². The molecule has 19 heavy (non-hydrogen) atoms. The van der Waals surface area contributed by atoms with Gasteiger partial charge in [0.25, 0.3) is 0 Å². The lowest BCUT2D eigenvalue weighted by atomic mass is 9.79. The zero-order chi connectivity index (χ0) is 13.1. The maximum absolute atomic E-state index is 5.88. The van der Waals surface area contributed by atoms with E-state index in [1.807, 2.05) is 0 Å². The van der Waals surface area contributed by atoms with Crippen LogP contribution in [0.25, 0.3) is 0 Å². The minimum atomic E-state index is 0.485. The van der Waals surface area contributed by atoms with Gasteiger partial charge in [0, 0.05) is 18.0 Å². The van der Waals surface area contributed by atoms with Crippen molar-refractivity contribution in [3.63, 3.8) is 0 Å². The summed E-state index contributed by atoms with van der Waals surface area (Å²) in [5.41, 5.74) is 2.80. The van der Waals surface area contributed by atoms with Crippen LogP contribution in [-0.4, -0.2) is 13.2 Å². The van der Waals surface area contributed by atoms with E-state index in [4.69, 9.17) is 4.74 Å². The summed E-state index contributed by atoms with van der Waals surface area (Å²) in [4.78, 5) is 0. The van der Waals surface area contributed by atoms with Crippen LogP contribution in [0.1, 0.15) is 56.2 Å². The average molecular weight is 259 g/mol. The van der Waals surface area contributed by atoms with Crippen LogP contribution in [0.2, 0.25) is 0 Å². The largest absolute Gasteiger partial charge is 0.493 e. The lowest BCUT2D eigenvalue weighted by Crippen LogP contribution is -2.27. The topological polar surface area (TPSA) is 21.3 Å². The van der Waals surface area contributed by atoms with E-state index < -0.39 is 0 Å². The van der Waals surface area contributed by atoms with Crippen LogP contribution in [0.4, 0.5) is 0 Å². The second-order valence-electron chi connectivity index (χ2n) is 5.97. The Morgan fingerprint density at radius 1 is 1.37 bits per heavy atom. The number of hydrogen-bond acceptors (Lipinski definition) is 2. The highest BCUT2D eigenvalue weighted by atomic mass is 16.5. The summed E-state index contributed by atoms with van der Waals surface area (Å²) in [6.45, 7) is 4.19. The molecule has 1 aliphatic carbocycles. The molecule has 0 bridgehead atoms. The quantitative estimate of drug-likeness (QED) is 0.837. The molecule has 1 N–H and O–H groups in total. The molecule has 1 heterocycles. The number of ether oxygens (including phenoxy) is 1. The van der Waals surface area contributed by atoms with E-state index in [0.29, 0.717) is 6.04 Å². The van der Waals surface area contributed by atoms with Gasteiger partial charge in [-0.3, -0.25) is 0 Å². The number of fused-ring (bicyclic) bond motifs is 1. The van der Waals surface area contributed by atoms with Gasteiger partial charge in [-0.15, -0.1) is 0 Å². The van der Waals surface area contributed by atoms with Gasteiger partial charge in [-0.1, -0.05) is 44.4 Å². The normalized spacial score (nSPS) is 19.6. The van der Waals surface area contributed by atoms with Gasteiger partial charge in [0.1, 0.15) is 5.75 Å². The molecule has 1 aromatic rings. The first kappa shape index (κ1) is 13.0. The SMILES string of the molecule is CCCNC(CC1CCC1)c1cccc2c1OCC2. The van der Waals surface area contributed by atoms with Crippen LogP contribution >= 0.6 is 0 Å². The van der Waals surface area contributed by atoms with Gasteiger partial charge in [-0.2, -0.15) is 0 Å². The fourth-order valence-corrected chi connectivity index (χ4v) is 3.22. The molecule has 1 atom stereocenters. The summed E-state index contributed by atoms with van der Waals surface area (Å²) < 4.78 is 5.88. The van der Waals surface area contributed by atoms with Crippen LogP contribution in [-0.2, 0) is 6.42 Å². The van der Waals surface area contributed by atoms with Crippen LogP contribution in [0.15, 0.2) is 18.2 Å². The summed E-state index contributed by atoms with van der Waals surface area (Å²) in [7, 11) is 0. The van der Waals surface area contributed by atoms with Gasteiger partial charge in [-0.25, -0.2) is 0 Å². The van der Waals surface area contributed by atoms with Crippen molar-refractivity contribution in [3.8, 4) is 5.75 Å². The van der Waals surface area contributed by atoms with Crippen LogP contribution in [0.5, 0.6) is 5.75 Å². The van der Waals surface area contributed by atoms with Crippen LogP contribution < -0.4 is 10.1 Å². The third kappa shape index (κ3) is 2.79. The number of benzene rings is 1. The Bertz CT molecular complexity index is 425. The van der Waals surface area contributed by atoms with Crippen molar-refractivity contribution in [1.82, 2.24) is 5.32 Å². The molecule has 2 heteroatoms. The first-order valence-electron chi connectivity index (χ1n) is 7.86. The van der Waals surface area contributed by atoms with Gasteiger partial charge >= 0.3 is 0 Å². The number of para-hydroxylation sites is 1. The van der Waals surface area contributed by atoms with E-state index >= 15 is 0 Å². The van der Waals surface area contributed by atoms with E-state index in [9.17, 15) is 0 Å². The van der Waals surface area contributed by atoms with Crippen LogP contribution in [0, 0.1) is 5.92 Å². The monoisotopic (exact) mass is 259 g/mol. The standard InChI is InChI=1S/C17H25NO/c1-2-10-18-16(12-13-5-3-6-13)15-8-4-7-14-9-11-19-17(14)15/h4,7-8,13,16,18H,2-3,5-6,9-12H2,1H3. The minimum Gasteiger partial charge on any atom is -0.493 e. The zero-order valence-corrected chi connectivity index (χ0v) is 12.0. The smallest absolute Gasteiger partial charge is 0.127 e. The molecule has 1 fully saturated rings. The molecule has 1 aromatic carbocycles. The van der Waals surface area contributed by atoms with E-state index in [2.05, 4.69) is 30.4 Å². The summed E-state index contributed by atoms with van der Waals surface area (Å²) in [6, 6.07) is 7.16. The third-order valence-corrected chi connectivity index (χ3v) is 4.55. The van der Waals surface area contributed by atoms with Crippen molar-refractivity contribution in [2.45, 2.75) is 51.5 Å².